The maximum absolute atomic E-state index is 12.8. The van der Waals surface area contributed by atoms with E-state index in [1.807, 2.05) is 6.92 Å². The second-order valence-corrected chi connectivity index (χ2v) is 3.62. The molecule has 0 saturated carbocycles. The first-order valence-electron chi connectivity index (χ1n) is 5.19. The van der Waals surface area contributed by atoms with E-state index >= 15 is 0 Å². The number of fused-ring (bicyclic) bond motifs is 1. The summed E-state index contributed by atoms with van der Waals surface area (Å²) < 4.78 is 43.6. The Morgan fingerprint density at radius 3 is 2.76 bits per heavy atom. The van der Waals surface area contributed by atoms with Crippen molar-refractivity contribution in [3.63, 3.8) is 0 Å². The fourth-order valence-corrected chi connectivity index (χ4v) is 1.54. The second-order valence-electron chi connectivity index (χ2n) is 3.62. The molecule has 0 aliphatic rings. The van der Waals surface area contributed by atoms with Crippen LogP contribution in [0.3, 0.4) is 0 Å². The lowest BCUT2D eigenvalue weighted by atomic mass is 10.1. The van der Waals surface area contributed by atoms with Gasteiger partial charge in [0, 0.05) is 6.07 Å². The Balaban J connectivity index is 2.51. The molecule has 0 unspecified atom stereocenters. The average Bonchev–Trinajstić information content (AvgIpc) is 2.71. The molecule has 1 aromatic heterocycles. The summed E-state index contributed by atoms with van der Waals surface area (Å²) in [4.78, 5) is 6.33. The van der Waals surface area contributed by atoms with Crippen molar-refractivity contribution in [2.75, 3.05) is 6.61 Å². The number of aromatic nitrogens is 2. The fourth-order valence-electron chi connectivity index (χ4n) is 1.54. The maximum atomic E-state index is 12.8. The molecule has 0 amide bonds. The molecule has 1 N–H and O–H groups in total. The van der Waals surface area contributed by atoms with Crippen molar-refractivity contribution < 1.29 is 17.9 Å². The van der Waals surface area contributed by atoms with Gasteiger partial charge in [-0.05, 0) is 12.5 Å². The number of nitrogens with one attached hydrogen (secondary N) is 1. The van der Waals surface area contributed by atoms with Gasteiger partial charge >= 0.3 is 6.18 Å². The van der Waals surface area contributed by atoms with Gasteiger partial charge in [0.1, 0.15) is 11.3 Å². The molecule has 0 aliphatic heterocycles. The number of imidazole rings is 1. The first-order chi connectivity index (χ1) is 8.02. The zero-order chi connectivity index (χ0) is 12.5. The van der Waals surface area contributed by atoms with E-state index in [4.69, 9.17) is 4.74 Å². The van der Waals surface area contributed by atoms with Crippen molar-refractivity contribution in [1.82, 2.24) is 9.97 Å². The number of benzene rings is 1. The average molecular weight is 244 g/mol. The predicted molar refractivity (Wildman–Crippen MR) is 56.9 cm³/mol. The molecule has 2 rings (SSSR count). The highest BCUT2D eigenvalue weighted by Crippen LogP contribution is 2.36. The normalized spacial score (nSPS) is 12.0. The molecule has 2 aromatic rings. The number of rotatable bonds is 3. The van der Waals surface area contributed by atoms with Gasteiger partial charge in [-0.15, -0.1) is 0 Å². The molecular weight excluding hydrogens is 233 g/mol. The fraction of sp³-hybridized carbons (Fsp3) is 0.364. The minimum absolute atomic E-state index is 0.0821. The van der Waals surface area contributed by atoms with E-state index in [9.17, 15) is 13.2 Å². The molecular formula is C11H11F3N2O. The van der Waals surface area contributed by atoms with Gasteiger partial charge < -0.3 is 9.72 Å². The predicted octanol–water partition coefficient (Wildman–Crippen LogP) is 3.37. The Morgan fingerprint density at radius 2 is 2.12 bits per heavy atom. The highest BCUT2D eigenvalue weighted by Gasteiger charge is 2.34. The van der Waals surface area contributed by atoms with Crippen LogP contribution in [0.4, 0.5) is 13.2 Å². The summed E-state index contributed by atoms with van der Waals surface area (Å²) in [6.45, 7) is 2.27. The van der Waals surface area contributed by atoms with Crippen LogP contribution in [0.5, 0.6) is 5.75 Å². The number of hydrogen-bond acceptors (Lipinski definition) is 2. The van der Waals surface area contributed by atoms with Gasteiger partial charge in [-0.3, -0.25) is 0 Å². The summed E-state index contributed by atoms with van der Waals surface area (Å²) in [5.74, 6) is 0.205. The number of alkyl halides is 3. The van der Waals surface area contributed by atoms with Crippen LogP contribution in [0.25, 0.3) is 11.0 Å². The number of hydrogen-bond donors (Lipinski definition) is 1. The van der Waals surface area contributed by atoms with Gasteiger partial charge in [0.15, 0.2) is 0 Å². The SMILES string of the molecule is CCCOc1cc(C(F)(F)F)c2nc[nH]c2c1. The Bertz CT molecular complexity index is 519. The number of aromatic amines is 1. The quantitative estimate of drug-likeness (QED) is 0.898. The molecule has 0 radical (unpaired) electrons. The maximum Gasteiger partial charge on any atom is 0.418 e. The van der Waals surface area contributed by atoms with Gasteiger partial charge in [0.25, 0.3) is 0 Å². The Hall–Kier alpha value is -1.72. The minimum Gasteiger partial charge on any atom is -0.494 e. The summed E-state index contributed by atoms with van der Waals surface area (Å²) in [5.41, 5.74) is -0.533. The highest BCUT2D eigenvalue weighted by atomic mass is 19.4. The summed E-state index contributed by atoms with van der Waals surface area (Å²) >= 11 is 0. The Labute approximate surface area is 95.6 Å². The van der Waals surface area contributed by atoms with Gasteiger partial charge in [0.2, 0.25) is 0 Å². The lowest BCUT2D eigenvalue weighted by Crippen LogP contribution is -2.07. The van der Waals surface area contributed by atoms with Crippen molar-refractivity contribution in [2.45, 2.75) is 19.5 Å². The number of ether oxygens (including phenoxy) is 1. The lowest BCUT2D eigenvalue weighted by Gasteiger charge is -2.10. The van der Waals surface area contributed by atoms with Crippen molar-refractivity contribution in [3.05, 3.63) is 24.0 Å². The van der Waals surface area contributed by atoms with Crippen LogP contribution in [0.1, 0.15) is 18.9 Å². The summed E-state index contributed by atoms with van der Waals surface area (Å²) in [5, 5.41) is 0. The molecule has 0 saturated heterocycles. The van der Waals surface area contributed by atoms with Gasteiger partial charge in [-0.25, -0.2) is 4.98 Å². The monoisotopic (exact) mass is 244 g/mol. The lowest BCUT2D eigenvalue weighted by molar-refractivity contribution is -0.136. The van der Waals surface area contributed by atoms with Crippen molar-refractivity contribution >= 4 is 11.0 Å². The van der Waals surface area contributed by atoms with Crippen LogP contribution in [0, 0.1) is 0 Å². The van der Waals surface area contributed by atoms with Crippen LogP contribution in [-0.4, -0.2) is 16.6 Å². The number of nitrogens with zero attached hydrogens (tertiary/aromatic N) is 1. The topological polar surface area (TPSA) is 37.9 Å². The van der Waals surface area contributed by atoms with Gasteiger partial charge in [0.05, 0.1) is 24.0 Å². The first-order valence-corrected chi connectivity index (χ1v) is 5.19. The van der Waals surface area contributed by atoms with Crippen LogP contribution in [0.2, 0.25) is 0 Å². The van der Waals surface area contributed by atoms with Crippen LogP contribution in [0.15, 0.2) is 18.5 Å². The van der Waals surface area contributed by atoms with E-state index in [-0.39, 0.29) is 11.3 Å². The van der Waals surface area contributed by atoms with E-state index in [1.54, 1.807) is 0 Å². The number of H-pyrrole nitrogens is 1. The molecule has 92 valence electrons. The molecule has 17 heavy (non-hydrogen) atoms. The molecule has 3 nitrogen and oxygen atoms in total. The molecule has 1 heterocycles. The zero-order valence-corrected chi connectivity index (χ0v) is 9.14. The smallest absolute Gasteiger partial charge is 0.418 e. The Morgan fingerprint density at radius 1 is 1.35 bits per heavy atom. The van der Waals surface area contributed by atoms with Gasteiger partial charge in [-0.1, -0.05) is 6.92 Å². The molecule has 0 aliphatic carbocycles. The third-order valence-electron chi connectivity index (χ3n) is 2.28. The minimum atomic E-state index is -4.43. The highest BCUT2D eigenvalue weighted by molar-refractivity contribution is 5.80. The third-order valence-corrected chi connectivity index (χ3v) is 2.28. The zero-order valence-electron chi connectivity index (χ0n) is 9.14. The van der Waals surface area contributed by atoms with Gasteiger partial charge in [-0.2, -0.15) is 13.2 Å². The van der Waals surface area contributed by atoms with E-state index < -0.39 is 11.7 Å². The summed E-state index contributed by atoms with van der Waals surface area (Å²) in [6.07, 6.45) is -2.45. The molecule has 1 aromatic carbocycles. The van der Waals surface area contributed by atoms with Crippen LogP contribution < -0.4 is 4.74 Å². The standard InChI is InChI=1S/C11H11F3N2O/c1-2-3-17-7-4-8(11(12,13)14)10-9(5-7)15-6-16-10/h4-6H,2-3H2,1H3,(H,15,16). The molecule has 6 heteroatoms. The molecule has 0 fully saturated rings. The van der Waals surface area contributed by atoms with Crippen molar-refractivity contribution in [3.8, 4) is 5.75 Å². The Kier molecular flexibility index (Phi) is 2.95. The third kappa shape index (κ3) is 2.35. The number of halogens is 3. The van der Waals surface area contributed by atoms with Crippen LogP contribution in [-0.2, 0) is 6.18 Å². The van der Waals surface area contributed by atoms with Crippen LogP contribution >= 0.6 is 0 Å². The molecule has 0 spiro atoms. The van der Waals surface area contributed by atoms with E-state index in [0.717, 1.165) is 12.5 Å². The summed E-state index contributed by atoms with van der Waals surface area (Å²) in [6, 6.07) is 2.51. The summed E-state index contributed by atoms with van der Waals surface area (Å²) in [7, 11) is 0. The van der Waals surface area contributed by atoms with Crippen molar-refractivity contribution in [2.24, 2.45) is 0 Å². The first kappa shape index (κ1) is 11.8. The van der Waals surface area contributed by atoms with E-state index in [1.165, 1.54) is 12.4 Å². The molecule has 0 bridgehead atoms. The van der Waals surface area contributed by atoms with E-state index in [0.29, 0.717) is 12.1 Å². The van der Waals surface area contributed by atoms with E-state index in [2.05, 4.69) is 9.97 Å². The second kappa shape index (κ2) is 4.27. The largest absolute Gasteiger partial charge is 0.494 e. The molecule has 0 atom stereocenters. The van der Waals surface area contributed by atoms with Crippen molar-refractivity contribution in [1.29, 1.82) is 0 Å².